The number of methoxy groups -OCH3 is 1. The van der Waals surface area contributed by atoms with Crippen molar-refractivity contribution in [2.24, 2.45) is 5.92 Å². The smallest absolute Gasteiger partial charge is 0.0724 e. The molecule has 0 heterocycles. The van der Waals surface area contributed by atoms with Crippen LogP contribution in [-0.4, -0.2) is 24.6 Å². The molecule has 1 aliphatic rings. The largest absolute Gasteiger partial charge is 0.380 e. The summed E-state index contributed by atoms with van der Waals surface area (Å²) in [6.07, 6.45) is 3.88. The number of ether oxygens (including phenoxy) is 1. The van der Waals surface area contributed by atoms with Crippen LogP contribution in [0.1, 0.15) is 33.1 Å². The summed E-state index contributed by atoms with van der Waals surface area (Å²) < 4.78 is 5.92. The van der Waals surface area contributed by atoms with E-state index >= 15 is 0 Å². The first-order valence-electron chi connectivity index (χ1n) is 5.77. The van der Waals surface area contributed by atoms with Gasteiger partial charge < -0.3 is 4.74 Å². The van der Waals surface area contributed by atoms with Gasteiger partial charge in [-0.1, -0.05) is 24.0 Å². The lowest BCUT2D eigenvalue weighted by Crippen LogP contribution is -2.42. The van der Waals surface area contributed by atoms with E-state index in [2.05, 4.69) is 27.1 Å². The molecule has 1 saturated carbocycles. The Bertz CT molecular complexity index is 293. The summed E-state index contributed by atoms with van der Waals surface area (Å²) in [6.45, 7) is 10.7. The molecule has 0 saturated heterocycles. The Balaban J connectivity index is 2.74. The highest BCUT2D eigenvalue weighted by atomic mass is 32.9. The maximum atomic E-state index is 5.70. The average molecular weight is 278 g/mol. The fourth-order valence-electron chi connectivity index (χ4n) is 2.49. The zero-order chi connectivity index (χ0) is 12.3. The lowest BCUT2D eigenvalue weighted by molar-refractivity contribution is 0.0333. The van der Waals surface area contributed by atoms with Gasteiger partial charge in [-0.25, -0.2) is 0 Å². The Kier molecular flexibility index (Phi) is 5.57. The summed E-state index contributed by atoms with van der Waals surface area (Å²) in [4.78, 5) is 0. The lowest BCUT2D eigenvalue weighted by Gasteiger charge is -2.43. The van der Waals surface area contributed by atoms with Crippen LogP contribution in [0.5, 0.6) is 0 Å². The molecule has 0 N–H and O–H groups in total. The summed E-state index contributed by atoms with van der Waals surface area (Å²) in [7, 11) is 1.83. The van der Waals surface area contributed by atoms with Crippen LogP contribution in [0.25, 0.3) is 0 Å². The fraction of sp³-hybridized carbons (Fsp3) is 0.833. The molecule has 0 aromatic rings. The third kappa shape index (κ3) is 3.60. The monoisotopic (exact) mass is 278 g/mol. The number of allylic oxidation sites excluding steroid dienone is 1. The minimum Gasteiger partial charge on any atom is -0.380 e. The van der Waals surface area contributed by atoms with E-state index in [4.69, 9.17) is 16.5 Å². The van der Waals surface area contributed by atoms with Crippen molar-refractivity contribution in [2.75, 3.05) is 13.8 Å². The second-order valence-electron chi connectivity index (χ2n) is 4.95. The predicted octanol–water partition coefficient (Wildman–Crippen LogP) is 4.09. The van der Waals surface area contributed by atoms with Crippen LogP contribution in [0.2, 0.25) is 0 Å². The molecule has 4 heteroatoms. The van der Waals surface area contributed by atoms with Gasteiger partial charge in [-0.3, -0.25) is 0 Å². The van der Waals surface area contributed by atoms with Crippen LogP contribution in [0.3, 0.4) is 0 Å². The maximum absolute atomic E-state index is 5.70. The van der Waals surface area contributed by atoms with E-state index in [9.17, 15) is 0 Å². The van der Waals surface area contributed by atoms with Gasteiger partial charge in [0.25, 0.3) is 0 Å². The molecule has 1 fully saturated rings. The summed E-state index contributed by atoms with van der Waals surface area (Å²) in [6, 6.07) is 0. The molecule has 0 bridgehead atoms. The highest BCUT2D eigenvalue weighted by Crippen LogP contribution is 2.53. The first-order valence-corrected chi connectivity index (χ1v) is 10.4. The highest BCUT2D eigenvalue weighted by molar-refractivity contribution is 8.64. The third-order valence-electron chi connectivity index (χ3n) is 3.53. The van der Waals surface area contributed by atoms with E-state index in [0.717, 1.165) is 6.42 Å². The average Bonchev–Trinajstić information content (AvgIpc) is 2.16. The van der Waals surface area contributed by atoms with Gasteiger partial charge in [-0.2, -0.15) is 0 Å². The Labute approximate surface area is 110 Å². The van der Waals surface area contributed by atoms with Crippen molar-refractivity contribution in [1.29, 1.82) is 0 Å². The molecule has 0 aliphatic heterocycles. The van der Waals surface area contributed by atoms with Crippen LogP contribution in [0.15, 0.2) is 12.2 Å². The molecule has 1 rings (SSSR count). The van der Waals surface area contributed by atoms with Crippen LogP contribution in [-0.2, 0) is 16.5 Å². The van der Waals surface area contributed by atoms with E-state index < -0.39 is 5.90 Å². The summed E-state index contributed by atoms with van der Waals surface area (Å²) >= 11 is 7.39. The van der Waals surface area contributed by atoms with E-state index in [1.54, 1.807) is 0 Å². The van der Waals surface area contributed by atoms with Crippen molar-refractivity contribution < 1.29 is 4.74 Å². The Morgan fingerprint density at radius 3 is 2.69 bits per heavy atom. The van der Waals surface area contributed by atoms with Gasteiger partial charge in [-0.15, -0.1) is 11.4 Å². The fourth-order valence-corrected chi connectivity index (χ4v) is 8.07. The standard InChI is InChI=1S/C12H23OPS2/c1-9(2)10-6-7-12(3,16-14(5)15)11(8-10)13-4/h10-11,14H,1,6-8H2,2-5H3/t10-,11+,12+/m1/s1. The maximum Gasteiger partial charge on any atom is 0.0724 e. The third-order valence-corrected chi connectivity index (χ3v) is 7.76. The molecular weight excluding hydrogens is 255 g/mol. The molecule has 4 atom stereocenters. The molecule has 94 valence electrons. The SMILES string of the molecule is C=C(C)[C@@H]1CC[C@](C)(S[PH](C)=S)[C@@H](OC)C1. The number of hydrogen-bond donors (Lipinski definition) is 0. The molecule has 1 aliphatic carbocycles. The van der Waals surface area contributed by atoms with Crippen molar-refractivity contribution in [1.82, 2.24) is 0 Å². The normalized spacial score (nSPS) is 37.0. The minimum atomic E-state index is -0.673. The first-order chi connectivity index (χ1) is 7.39. The van der Waals surface area contributed by atoms with Crippen LogP contribution in [0.4, 0.5) is 0 Å². The van der Waals surface area contributed by atoms with Crippen molar-refractivity contribution in [3.63, 3.8) is 0 Å². The molecule has 1 nitrogen and oxygen atoms in total. The van der Waals surface area contributed by atoms with Crippen molar-refractivity contribution in [2.45, 2.75) is 44.0 Å². The van der Waals surface area contributed by atoms with Gasteiger partial charge in [-0.05, 0) is 51.6 Å². The molecule has 0 radical (unpaired) electrons. The van der Waals surface area contributed by atoms with E-state index in [-0.39, 0.29) is 4.75 Å². The van der Waals surface area contributed by atoms with Crippen molar-refractivity contribution in [3.05, 3.63) is 12.2 Å². The summed E-state index contributed by atoms with van der Waals surface area (Å²) in [5, 5.41) is 0. The Morgan fingerprint density at radius 2 is 2.25 bits per heavy atom. The summed E-state index contributed by atoms with van der Waals surface area (Å²) in [5.74, 6) is -0.0380. The zero-order valence-corrected chi connectivity index (χ0v) is 13.3. The zero-order valence-electron chi connectivity index (χ0n) is 10.7. The van der Waals surface area contributed by atoms with Crippen molar-refractivity contribution >= 4 is 29.1 Å². The van der Waals surface area contributed by atoms with Crippen LogP contribution < -0.4 is 0 Å². The molecule has 0 aromatic carbocycles. The number of hydrogen-bond acceptors (Lipinski definition) is 3. The Morgan fingerprint density at radius 1 is 1.62 bits per heavy atom. The summed E-state index contributed by atoms with van der Waals surface area (Å²) in [5.41, 5.74) is 1.30. The molecular formula is C12H23OPS2. The van der Waals surface area contributed by atoms with Crippen LogP contribution in [0, 0.1) is 5.92 Å². The van der Waals surface area contributed by atoms with Gasteiger partial charge >= 0.3 is 0 Å². The second kappa shape index (κ2) is 6.04. The lowest BCUT2D eigenvalue weighted by atomic mass is 9.77. The van der Waals surface area contributed by atoms with Gasteiger partial charge in [0, 0.05) is 11.9 Å². The molecule has 0 aromatic heterocycles. The minimum absolute atomic E-state index is 0.228. The second-order valence-corrected chi connectivity index (χ2v) is 12.1. The van der Waals surface area contributed by atoms with E-state index in [1.165, 1.54) is 18.4 Å². The quantitative estimate of drug-likeness (QED) is 0.566. The van der Waals surface area contributed by atoms with Crippen molar-refractivity contribution in [3.8, 4) is 0 Å². The Hall–Kier alpha value is 0.700. The van der Waals surface area contributed by atoms with Crippen LogP contribution >= 0.6 is 17.3 Å². The number of rotatable bonds is 4. The van der Waals surface area contributed by atoms with E-state index in [1.807, 2.05) is 18.5 Å². The van der Waals surface area contributed by atoms with Gasteiger partial charge in [0.05, 0.1) is 6.10 Å². The first kappa shape index (κ1) is 14.8. The molecule has 1 unspecified atom stereocenters. The topological polar surface area (TPSA) is 9.23 Å². The predicted molar refractivity (Wildman–Crippen MR) is 80.6 cm³/mol. The molecule has 0 spiro atoms. The molecule has 16 heavy (non-hydrogen) atoms. The van der Waals surface area contributed by atoms with Gasteiger partial charge in [0.1, 0.15) is 0 Å². The van der Waals surface area contributed by atoms with Gasteiger partial charge in [0.15, 0.2) is 0 Å². The molecule has 0 amide bonds. The highest BCUT2D eigenvalue weighted by Gasteiger charge is 2.41. The van der Waals surface area contributed by atoms with E-state index in [0.29, 0.717) is 12.0 Å². The van der Waals surface area contributed by atoms with Gasteiger partial charge in [0.2, 0.25) is 0 Å².